The number of nitrogens with zero attached hydrogens (tertiary/aromatic N) is 2. The van der Waals surface area contributed by atoms with Gasteiger partial charge < -0.3 is 0 Å². The average molecular weight is 314 g/mol. The average Bonchev–Trinajstić information content (AvgIpc) is 2.30. The SMILES string of the molecule is O=S(=O)(Nc1cnccn1)c1ccc(Br)cc1. The first-order valence-electron chi connectivity index (χ1n) is 4.62. The number of hydrogen-bond acceptors (Lipinski definition) is 4. The van der Waals surface area contributed by atoms with Gasteiger partial charge in [0.15, 0.2) is 5.82 Å². The molecule has 0 bridgehead atoms. The standard InChI is InChI=1S/C10H8BrN3O2S/c11-8-1-3-9(4-2-8)17(15,16)14-10-7-12-5-6-13-10/h1-7H,(H,13,14). The molecule has 7 heteroatoms. The van der Waals surface area contributed by atoms with E-state index in [2.05, 4.69) is 30.6 Å². The van der Waals surface area contributed by atoms with E-state index in [1.807, 2.05) is 0 Å². The van der Waals surface area contributed by atoms with Crippen molar-refractivity contribution in [2.45, 2.75) is 4.90 Å². The Kier molecular flexibility index (Phi) is 3.39. The number of benzene rings is 1. The van der Waals surface area contributed by atoms with Crippen LogP contribution in [0.2, 0.25) is 0 Å². The van der Waals surface area contributed by atoms with Crippen LogP contribution in [0.1, 0.15) is 0 Å². The van der Waals surface area contributed by atoms with Crippen LogP contribution in [0.3, 0.4) is 0 Å². The molecule has 1 N–H and O–H groups in total. The van der Waals surface area contributed by atoms with Crippen LogP contribution in [0.4, 0.5) is 5.82 Å². The molecule has 0 saturated carbocycles. The van der Waals surface area contributed by atoms with Gasteiger partial charge in [0.1, 0.15) is 0 Å². The maximum Gasteiger partial charge on any atom is 0.263 e. The summed E-state index contributed by atoms with van der Waals surface area (Å²) in [4.78, 5) is 7.80. The van der Waals surface area contributed by atoms with Gasteiger partial charge in [-0.2, -0.15) is 0 Å². The molecule has 0 atom stereocenters. The van der Waals surface area contributed by atoms with Gasteiger partial charge >= 0.3 is 0 Å². The summed E-state index contributed by atoms with van der Waals surface area (Å²) in [5, 5.41) is 0. The summed E-state index contributed by atoms with van der Waals surface area (Å²) in [5.74, 6) is 0.190. The summed E-state index contributed by atoms with van der Waals surface area (Å²) >= 11 is 3.24. The normalized spacial score (nSPS) is 11.1. The molecule has 88 valence electrons. The molecular formula is C10H8BrN3O2S. The first kappa shape index (κ1) is 12.0. The zero-order valence-corrected chi connectivity index (χ0v) is 10.9. The van der Waals surface area contributed by atoms with Gasteiger partial charge in [0.2, 0.25) is 0 Å². The van der Waals surface area contributed by atoms with Gasteiger partial charge in [-0.15, -0.1) is 0 Å². The van der Waals surface area contributed by atoms with Crippen LogP contribution >= 0.6 is 15.9 Å². The van der Waals surface area contributed by atoms with Crippen molar-refractivity contribution in [1.29, 1.82) is 0 Å². The van der Waals surface area contributed by atoms with Gasteiger partial charge in [0, 0.05) is 16.9 Å². The van der Waals surface area contributed by atoms with Crippen LogP contribution in [0, 0.1) is 0 Å². The molecule has 2 aromatic rings. The van der Waals surface area contributed by atoms with E-state index in [0.29, 0.717) is 0 Å². The highest BCUT2D eigenvalue weighted by Crippen LogP contribution is 2.16. The maximum atomic E-state index is 11.9. The lowest BCUT2D eigenvalue weighted by molar-refractivity contribution is 0.601. The molecule has 1 aromatic heterocycles. The monoisotopic (exact) mass is 313 g/mol. The van der Waals surface area contributed by atoms with E-state index >= 15 is 0 Å². The second-order valence-corrected chi connectivity index (χ2v) is 5.75. The summed E-state index contributed by atoms with van der Waals surface area (Å²) in [6.45, 7) is 0. The first-order chi connectivity index (χ1) is 8.08. The third-order valence-electron chi connectivity index (χ3n) is 1.93. The summed E-state index contributed by atoms with van der Waals surface area (Å²) < 4.78 is 27.0. The van der Waals surface area contributed by atoms with E-state index in [1.165, 1.54) is 30.7 Å². The third kappa shape index (κ3) is 3.01. The predicted octanol–water partition coefficient (Wildman–Crippen LogP) is 2.04. The second-order valence-electron chi connectivity index (χ2n) is 3.15. The van der Waals surface area contributed by atoms with Gasteiger partial charge in [-0.1, -0.05) is 15.9 Å². The molecule has 0 aliphatic heterocycles. The molecule has 0 radical (unpaired) electrons. The van der Waals surface area contributed by atoms with Crippen LogP contribution in [0.15, 0.2) is 52.2 Å². The summed E-state index contributed by atoms with van der Waals surface area (Å²) in [5.41, 5.74) is 0. The molecule has 0 aliphatic rings. The summed E-state index contributed by atoms with van der Waals surface area (Å²) in [6.07, 6.45) is 4.23. The smallest absolute Gasteiger partial charge is 0.262 e. The predicted molar refractivity (Wildman–Crippen MR) is 67.0 cm³/mol. The largest absolute Gasteiger partial charge is 0.263 e. The number of sulfonamides is 1. The third-order valence-corrected chi connectivity index (χ3v) is 3.83. The Morgan fingerprint density at radius 2 is 1.82 bits per heavy atom. The van der Waals surface area contributed by atoms with Crippen molar-refractivity contribution < 1.29 is 8.42 Å². The minimum atomic E-state index is -3.60. The Hall–Kier alpha value is -1.47. The number of hydrogen-bond donors (Lipinski definition) is 1. The van der Waals surface area contributed by atoms with Crippen LogP contribution in [-0.4, -0.2) is 18.4 Å². The molecule has 0 spiro atoms. The minimum absolute atomic E-state index is 0.173. The maximum absolute atomic E-state index is 11.9. The van der Waals surface area contributed by atoms with E-state index < -0.39 is 10.0 Å². The number of rotatable bonds is 3. The van der Waals surface area contributed by atoms with Gasteiger partial charge in [0.25, 0.3) is 10.0 Å². The lowest BCUT2D eigenvalue weighted by atomic mass is 10.4. The fourth-order valence-electron chi connectivity index (χ4n) is 1.16. The molecule has 0 unspecified atom stereocenters. The number of nitrogens with one attached hydrogen (secondary N) is 1. The molecule has 17 heavy (non-hydrogen) atoms. The molecular weight excluding hydrogens is 306 g/mol. The molecule has 0 amide bonds. The van der Waals surface area contributed by atoms with Crippen molar-refractivity contribution in [1.82, 2.24) is 9.97 Å². The van der Waals surface area contributed by atoms with Crippen molar-refractivity contribution in [3.05, 3.63) is 47.3 Å². The topological polar surface area (TPSA) is 72.0 Å². The Balaban J connectivity index is 2.29. The molecule has 1 heterocycles. The van der Waals surface area contributed by atoms with E-state index in [-0.39, 0.29) is 10.7 Å². The molecule has 0 fully saturated rings. The number of halogens is 1. The summed E-state index contributed by atoms with van der Waals surface area (Å²) in [6, 6.07) is 6.32. The molecule has 0 saturated heterocycles. The highest BCUT2D eigenvalue weighted by Gasteiger charge is 2.14. The van der Waals surface area contributed by atoms with Gasteiger partial charge in [-0.3, -0.25) is 9.71 Å². The molecule has 0 aliphatic carbocycles. The fraction of sp³-hybridized carbons (Fsp3) is 0. The number of anilines is 1. The Morgan fingerprint density at radius 1 is 1.12 bits per heavy atom. The van der Waals surface area contributed by atoms with Gasteiger partial charge in [-0.25, -0.2) is 13.4 Å². The van der Waals surface area contributed by atoms with Gasteiger partial charge in [-0.05, 0) is 24.3 Å². The zero-order valence-electron chi connectivity index (χ0n) is 8.54. The Bertz CT molecular complexity index is 599. The van der Waals surface area contributed by atoms with E-state index in [9.17, 15) is 8.42 Å². The van der Waals surface area contributed by atoms with E-state index in [0.717, 1.165) is 4.47 Å². The Morgan fingerprint density at radius 3 is 2.41 bits per heavy atom. The minimum Gasteiger partial charge on any atom is -0.262 e. The quantitative estimate of drug-likeness (QED) is 0.941. The van der Waals surface area contributed by atoms with Crippen molar-refractivity contribution in [2.75, 3.05) is 4.72 Å². The highest BCUT2D eigenvalue weighted by atomic mass is 79.9. The van der Waals surface area contributed by atoms with Crippen LogP contribution < -0.4 is 4.72 Å². The van der Waals surface area contributed by atoms with Crippen LogP contribution in [-0.2, 0) is 10.0 Å². The van der Waals surface area contributed by atoms with Crippen molar-refractivity contribution in [2.24, 2.45) is 0 Å². The van der Waals surface area contributed by atoms with E-state index in [1.54, 1.807) is 12.1 Å². The highest BCUT2D eigenvalue weighted by molar-refractivity contribution is 9.10. The summed E-state index contributed by atoms with van der Waals surface area (Å²) in [7, 11) is -3.60. The first-order valence-corrected chi connectivity index (χ1v) is 6.90. The van der Waals surface area contributed by atoms with Crippen molar-refractivity contribution in [3.8, 4) is 0 Å². The van der Waals surface area contributed by atoms with E-state index in [4.69, 9.17) is 0 Å². The van der Waals surface area contributed by atoms with Crippen molar-refractivity contribution in [3.63, 3.8) is 0 Å². The molecule has 5 nitrogen and oxygen atoms in total. The fourth-order valence-corrected chi connectivity index (χ4v) is 2.42. The van der Waals surface area contributed by atoms with Crippen molar-refractivity contribution >= 4 is 31.8 Å². The molecule has 2 rings (SSSR count). The van der Waals surface area contributed by atoms with Crippen LogP contribution in [0.25, 0.3) is 0 Å². The van der Waals surface area contributed by atoms with Gasteiger partial charge in [0.05, 0.1) is 11.1 Å². The second kappa shape index (κ2) is 4.80. The molecule has 1 aromatic carbocycles. The zero-order chi connectivity index (χ0) is 12.3. The van der Waals surface area contributed by atoms with Crippen LogP contribution in [0.5, 0.6) is 0 Å². The lowest BCUT2D eigenvalue weighted by Gasteiger charge is -2.06. The Labute approximate surface area is 107 Å². The number of aromatic nitrogens is 2. The lowest BCUT2D eigenvalue weighted by Crippen LogP contribution is -2.13.